The lowest BCUT2D eigenvalue weighted by Crippen LogP contribution is -2.42. The number of sulfone groups is 1. The van der Waals surface area contributed by atoms with E-state index in [1.807, 2.05) is 24.3 Å². The zero-order valence-corrected chi connectivity index (χ0v) is 25.8. The van der Waals surface area contributed by atoms with E-state index in [0.29, 0.717) is 15.7 Å². The Morgan fingerprint density at radius 3 is 2.31 bits per heavy atom. The molecule has 0 saturated heterocycles. The average molecular weight is 657 g/mol. The van der Waals surface area contributed by atoms with Gasteiger partial charge in [-0.1, -0.05) is 51.3 Å². The SMILES string of the molecule is CC(C)(C)C(=O)OCCCS(=O)(=O)c1cnc2n1C(C)(Cc1ccc(Br)cc1)C(=O)N2c1cc(Cl)cc(Cl)c1. The fourth-order valence-corrected chi connectivity index (χ4v) is 6.65. The molecule has 1 aromatic heterocycles. The molecule has 0 N–H and O–H groups in total. The van der Waals surface area contributed by atoms with E-state index in [0.717, 1.165) is 10.0 Å². The van der Waals surface area contributed by atoms with Crippen LogP contribution in [0.15, 0.2) is 58.2 Å². The fraction of sp³-hybridized carbons (Fsp3) is 0.370. The lowest BCUT2D eigenvalue weighted by Gasteiger charge is -2.26. The van der Waals surface area contributed by atoms with E-state index in [2.05, 4.69) is 20.9 Å². The van der Waals surface area contributed by atoms with Crippen molar-refractivity contribution in [2.45, 2.75) is 51.1 Å². The van der Waals surface area contributed by atoms with Crippen LogP contribution in [0.3, 0.4) is 0 Å². The second-order valence-electron chi connectivity index (χ2n) is 10.6. The molecule has 0 aliphatic carbocycles. The molecule has 8 nitrogen and oxygen atoms in total. The number of benzene rings is 2. The molecule has 39 heavy (non-hydrogen) atoms. The highest BCUT2D eigenvalue weighted by atomic mass is 79.9. The van der Waals surface area contributed by atoms with Crippen LogP contribution in [0, 0.1) is 5.41 Å². The van der Waals surface area contributed by atoms with Crippen LogP contribution in [0.2, 0.25) is 10.0 Å². The van der Waals surface area contributed by atoms with Crippen molar-refractivity contribution in [2.24, 2.45) is 5.41 Å². The number of aromatic nitrogens is 2. The van der Waals surface area contributed by atoms with Gasteiger partial charge in [0, 0.05) is 20.9 Å². The van der Waals surface area contributed by atoms with E-state index in [4.69, 9.17) is 27.9 Å². The van der Waals surface area contributed by atoms with Gasteiger partial charge in [-0.3, -0.25) is 14.2 Å². The van der Waals surface area contributed by atoms with Crippen molar-refractivity contribution in [2.75, 3.05) is 17.3 Å². The average Bonchev–Trinajstić information content (AvgIpc) is 3.36. The number of rotatable bonds is 8. The van der Waals surface area contributed by atoms with Gasteiger partial charge in [-0.15, -0.1) is 0 Å². The minimum atomic E-state index is -3.92. The molecular formula is C27H28BrCl2N3O5S. The number of amides is 1. The summed E-state index contributed by atoms with van der Waals surface area (Å²) in [5.74, 6) is -0.923. The minimum absolute atomic E-state index is 0.0431. The highest BCUT2D eigenvalue weighted by Gasteiger charge is 2.51. The number of nitrogens with zero attached hydrogens (tertiary/aromatic N) is 3. The molecular weight excluding hydrogens is 629 g/mol. The first-order valence-corrected chi connectivity index (χ1v) is 15.4. The Labute approximate surface area is 246 Å². The molecule has 2 heterocycles. The predicted molar refractivity (Wildman–Crippen MR) is 154 cm³/mol. The van der Waals surface area contributed by atoms with Crippen molar-refractivity contribution in [3.63, 3.8) is 0 Å². The van der Waals surface area contributed by atoms with E-state index >= 15 is 0 Å². The van der Waals surface area contributed by atoms with Crippen LogP contribution in [-0.4, -0.2) is 42.2 Å². The maximum atomic E-state index is 14.1. The first-order valence-electron chi connectivity index (χ1n) is 12.2. The molecule has 4 rings (SSSR count). The minimum Gasteiger partial charge on any atom is -0.465 e. The fourth-order valence-electron chi connectivity index (χ4n) is 4.39. The molecule has 3 aromatic rings. The number of imidazole rings is 1. The van der Waals surface area contributed by atoms with E-state index in [1.54, 1.807) is 45.9 Å². The highest BCUT2D eigenvalue weighted by molar-refractivity contribution is 9.10. The topological polar surface area (TPSA) is 98.6 Å². The maximum Gasteiger partial charge on any atom is 0.311 e. The number of carbonyl (C=O) groups excluding carboxylic acids is 2. The Morgan fingerprint density at radius 2 is 1.72 bits per heavy atom. The summed E-state index contributed by atoms with van der Waals surface area (Å²) in [6.45, 7) is 6.83. The Kier molecular flexibility index (Phi) is 8.25. The Morgan fingerprint density at radius 1 is 1.10 bits per heavy atom. The Balaban J connectivity index is 1.73. The summed E-state index contributed by atoms with van der Waals surface area (Å²) in [5, 5.41) is 0.549. The molecule has 0 bridgehead atoms. The van der Waals surface area contributed by atoms with Crippen LogP contribution in [-0.2, 0) is 36.1 Å². The molecule has 0 saturated carbocycles. The van der Waals surface area contributed by atoms with Crippen LogP contribution < -0.4 is 4.90 Å². The van der Waals surface area contributed by atoms with Gasteiger partial charge in [-0.25, -0.2) is 18.3 Å². The number of ether oxygens (including phenoxy) is 1. The van der Waals surface area contributed by atoms with Crippen molar-refractivity contribution in [3.8, 4) is 0 Å². The number of fused-ring (bicyclic) bond motifs is 1. The number of hydrogen-bond donors (Lipinski definition) is 0. The molecule has 1 aliphatic rings. The third-order valence-corrected chi connectivity index (χ3v) is 9.07. The predicted octanol–water partition coefficient (Wildman–Crippen LogP) is 6.34. The van der Waals surface area contributed by atoms with Gasteiger partial charge >= 0.3 is 5.97 Å². The Hall–Kier alpha value is -2.40. The molecule has 1 amide bonds. The van der Waals surface area contributed by atoms with Gasteiger partial charge in [0.2, 0.25) is 5.95 Å². The van der Waals surface area contributed by atoms with E-state index in [9.17, 15) is 18.0 Å². The summed E-state index contributed by atoms with van der Waals surface area (Å²) in [5.41, 5.74) is -0.804. The van der Waals surface area contributed by atoms with E-state index in [1.165, 1.54) is 15.7 Å². The zero-order chi connectivity index (χ0) is 28.8. The van der Waals surface area contributed by atoms with Gasteiger partial charge in [-0.05, 0) is 70.0 Å². The largest absolute Gasteiger partial charge is 0.465 e. The van der Waals surface area contributed by atoms with Gasteiger partial charge in [-0.2, -0.15) is 0 Å². The molecule has 0 fully saturated rings. The van der Waals surface area contributed by atoms with Gasteiger partial charge < -0.3 is 4.74 Å². The molecule has 1 unspecified atom stereocenters. The second-order valence-corrected chi connectivity index (χ2v) is 14.5. The Bertz CT molecular complexity index is 1510. The summed E-state index contributed by atoms with van der Waals surface area (Å²) in [6, 6.07) is 12.2. The first kappa shape index (κ1) is 29.6. The third-order valence-electron chi connectivity index (χ3n) is 6.36. The molecule has 0 spiro atoms. The number of anilines is 2. The zero-order valence-electron chi connectivity index (χ0n) is 21.9. The summed E-state index contributed by atoms with van der Waals surface area (Å²) in [6.07, 6.45) is 1.56. The van der Waals surface area contributed by atoms with Crippen molar-refractivity contribution < 1.29 is 22.7 Å². The lowest BCUT2D eigenvalue weighted by molar-refractivity contribution is -0.152. The van der Waals surface area contributed by atoms with Crippen LogP contribution >= 0.6 is 39.1 Å². The van der Waals surface area contributed by atoms with Gasteiger partial charge in [0.05, 0.1) is 29.7 Å². The molecule has 0 radical (unpaired) electrons. The molecule has 1 atom stereocenters. The van der Waals surface area contributed by atoms with Gasteiger partial charge in [0.15, 0.2) is 14.9 Å². The number of hydrogen-bond acceptors (Lipinski definition) is 6. The van der Waals surface area contributed by atoms with Gasteiger partial charge in [0.1, 0.15) is 5.54 Å². The first-order chi connectivity index (χ1) is 18.1. The summed E-state index contributed by atoms with van der Waals surface area (Å²) < 4.78 is 34.7. The maximum absolute atomic E-state index is 14.1. The number of esters is 1. The second kappa shape index (κ2) is 10.9. The third kappa shape index (κ3) is 6.04. The highest BCUT2D eigenvalue weighted by Crippen LogP contribution is 2.44. The quantitative estimate of drug-likeness (QED) is 0.207. The monoisotopic (exact) mass is 655 g/mol. The number of halogens is 3. The lowest BCUT2D eigenvalue weighted by atomic mass is 9.92. The van der Waals surface area contributed by atoms with Gasteiger partial charge in [0.25, 0.3) is 5.91 Å². The molecule has 1 aliphatic heterocycles. The van der Waals surface area contributed by atoms with Crippen molar-refractivity contribution >= 4 is 72.5 Å². The smallest absolute Gasteiger partial charge is 0.311 e. The molecule has 12 heteroatoms. The molecule has 208 valence electrons. The van der Waals surface area contributed by atoms with Crippen LogP contribution in [0.25, 0.3) is 0 Å². The standard InChI is InChI=1S/C27H28BrCl2N3O5S/c1-26(2,3)24(35)38-10-5-11-39(36,37)22-16-31-25-32(21-13-19(29)12-20(30)14-21)23(34)27(4,33(22)25)15-17-6-8-18(28)9-7-17/h6-9,12-14,16H,5,10-11,15H2,1-4H3. The van der Waals surface area contributed by atoms with E-state index in [-0.39, 0.29) is 42.1 Å². The summed E-state index contributed by atoms with van der Waals surface area (Å²) >= 11 is 15.9. The normalized spacial score (nSPS) is 17.4. The van der Waals surface area contributed by atoms with Crippen molar-refractivity contribution in [1.82, 2.24) is 9.55 Å². The van der Waals surface area contributed by atoms with Crippen LogP contribution in [0.5, 0.6) is 0 Å². The van der Waals surface area contributed by atoms with Crippen molar-refractivity contribution in [3.05, 3.63) is 68.7 Å². The summed E-state index contributed by atoms with van der Waals surface area (Å²) in [7, 11) is -3.92. The van der Waals surface area contributed by atoms with E-state index < -0.39 is 26.8 Å². The summed E-state index contributed by atoms with van der Waals surface area (Å²) in [4.78, 5) is 31.8. The van der Waals surface area contributed by atoms with Crippen LogP contribution in [0.4, 0.5) is 11.6 Å². The van der Waals surface area contributed by atoms with Crippen molar-refractivity contribution in [1.29, 1.82) is 0 Å². The van der Waals surface area contributed by atoms with Crippen LogP contribution in [0.1, 0.15) is 39.7 Å². The number of carbonyl (C=O) groups is 2. The molecule has 2 aromatic carbocycles.